The van der Waals surface area contributed by atoms with Gasteiger partial charge in [-0.3, -0.25) is 0 Å². The Bertz CT molecular complexity index is 531. The summed E-state index contributed by atoms with van der Waals surface area (Å²) in [6, 6.07) is 4.53. The van der Waals surface area contributed by atoms with Gasteiger partial charge in [-0.1, -0.05) is 11.6 Å². The normalized spacial score (nSPS) is 9.93. The van der Waals surface area contributed by atoms with Gasteiger partial charge < -0.3 is 0 Å². The molecular formula is C8H3ClFN5. The Hall–Kier alpha value is -2.00. The molecule has 0 saturated carbocycles. The molecule has 0 spiro atoms. The van der Waals surface area contributed by atoms with Crippen LogP contribution < -0.4 is 0 Å². The second kappa shape index (κ2) is 3.63. The number of hydrogen-bond acceptors (Lipinski definition) is 4. The van der Waals surface area contributed by atoms with Gasteiger partial charge >= 0.3 is 0 Å². The fraction of sp³-hybridized carbons (Fsp3) is 0. The zero-order chi connectivity index (χ0) is 10.8. The third-order valence-corrected chi connectivity index (χ3v) is 2.07. The molecule has 0 aliphatic carbocycles. The maximum Gasteiger partial charge on any atom is 0.161 e. The molecule has 0 aliphatic heterocycles. The molecule has 1 aromatic carbocycles. The number of halogens is 2. The molecule has 0 N–H and O–H groups in total. The second-order valence-corrected chi connectivity index (χ2v) is 3.03. The highest BCUT2D eigenvalue weighted by molar-refractivity contribution is 6.30. The smallest absolute Gasteiger partial charge is 0.161 e. The van der Waals surface area contributed by atoms with E-state index in [2.05, 4.69) is 15.5 Å². The van der Waals surface area contributed by atoms with Crippen LogP contribution in [0.15, 0.2) is 18.5 Å². The Morgan fingerprint density at radius 2 is 2.27 bits per heavy atom. The van der Waals surface area contributed by atoms with Crippen LogP contribution in [0.2, 0.25) is 5.02 Å². The van der Waals surface area contributed by atoms with Crippen LogP contribution >= 0.6 is 11.6 Å². The SMILES string of the molecule is N#Cc1c(-n2cnnn2)ccc(Cl)c1F. The molecule has 5 nitrogen and oxygen atoms in total. The van der Waals surface area contributed by atoms with E-state index in [4.69, 9.17) is 16.9 Å². The first-order valence-corrected chi connectivity index (χ1v) is 4.23. The van der Waals surface area contributed by atoms with Gasteiger partial charge in [0, 0.05) is 0 Å². The van der Waals surface area contributed by atoms with E-state index in [1.807, 2.05) is 0 Å². The monoisotopic (exact) mass is 223 g/mol. The number of nitriles is 1. The van der Waals surface area contributed by atoms with Crippen molar-refractivity contribution in [3.05, 3.63) is 34.9 Å². The van der Waals surface area contributed by atoms with Crippen molar-refractivity contribution < 1.29 is 4.39 Å². The molecule has 0 radical (unpaired) electrons. The number of hydrogen-bond donors (Lipinski definition) is 0. The lowest BCUT2D eigenvalue weighted by Crippen LogP contribution is -2.01. The summed E-state index contributed by atoms with van der Waals surface area (Å²) in [5, 5.41) is 19.0. The minimum absolute atomic E-state index is 0.108. The van der Waals surface area contributed by atoms with E-state index < -0.39 is 5.82 Å². The Kier molecular flexibility index (Phi) is 2.31. The molecule has 74 valence electrons. The first-order valence-electron chi connectivity index (χ1n) is 3.85. The minimum atomic E-state index is -0.771. The first-order chi connectivity index (χ1) is 7.24. The van der Waals surface area contributed by atoms with Crippen molar-refractivity contribution in [2.45, 2.75) is 0 Å². The van der Waals surface area contributed by atoms with Gasteiger partial charge in [-0.05, 0) is 22.6 Å². The molecule has 0 unspecified atom stereocenters. The van der Waals surface area contributed by atoms with Gasteiger partial charge in [0.1, 0.15) is 18.0 Å². The highest BCUT2D eigenvalue weighted by Gasteiger charge is 2.13. The van der Waals surface area contributed by atoms with Crippen LogP contribution in [0.5, 0.6) is 0 Å². The number of benzene rings is 1. The van der Waals surface area contributed by atoms with Crippen LogP contribution in [-0.2, 0) is 0 Å². The first kappa shape index (κ1) is 9.55. The zero-order valence-electron chi connectivity index (χ0n) is 7.22. The quantitative estimate of drug-likeness (QED) is 0.731. The van der Waals surface area contributed by atoms with Gasteiger partial charge in [-0.25, -0.2) is 4.39 Å². The maximum absolute atomic E-state index is 13.4. The average Bonchev–Trinajstić information content (AvgIpc) is 2.75. The summed E-state index contributed by atoms with van der Waals surface area (Å²) in [5.74, 6) is -0.771. The summed E-state index contributed by atoms with van der Waals surface area (Å²) in [4.78, 5) is 0. The Morgan fingerprint density at radius 1 is 1.47 bits per heavy atom. The van der Waals surface area contributed by atoms with Crippen LogP contribution in [-0.4, -0.2) is 20.2 Å². The van der Waals surface area contributed by atoms with Gasteiger partial charge in [0.25, 0.3) is 0 Å². The predicted octanol–water partition coefficient (Wildman–Crippen LogP) is 1.33. The topological polar surface area (TPSA) is 67.4 Å². The molecule has 0 bridgehead atoms. The Labute approximate surface area is 88.7 Å². The fourth-order valence-electron chi connectivity index (χ4n) is 1.11. The van der Waals surface area contributed by atoms with Crippen molar-refractivity contribution in [3.63, 3.8) is 0 Å². The molecule has 2 rings (SSSR count). The van der Waals surface area contributed by atoms with Gasteiger partial charge in [0.2, 0.25) is 0 Å². The van der Waals surface area contributed by atoms with E-state index >= 15 is 0 Å². The molecule has 7 heteroatoms. The third-order valence-electron chi connectivity index (χ3n) is 1.78. The molecule has 2 aromatic rings. The number of rotatable bonds is 1. The Balaban J connectivity index is 2.69. The summed E-state index contributed by atoms with van der Waals surface area (Å²) in [5.41, 5.74) is 0.0687. The van der Waals surface area contributed by atoms with Crippen LogP contribution in [0.25, 0.3) is 5.69 Å². The van der Waals surface area contributed by atoms with E-state index in [0.717, 1.165) is 0 Å². The van der Waals surface area contributed by atoms with Crippen molar-refractivity contribution in [2.75, 3.05) is 0 Å². The highest BCUT2D eigenvalue weighted by Crippen LogP contribution is 2.22. The number of aromatic nitrogens is 4. The molecule has 0 fully saturated rings. The van der Waals surface area contributed by atoms with Crippen molar-refractivity contribution in [1.29, 1.82) is 5.26 Å². The number of tetrazole rings is 1. The largest absolute Gasteiger partial charge is 0.204 e. The fourth-order valence-corrected chi connectivity index (χ4v) is 1.27. The summed E-state index contributed by atoms with van der Waals surface area (Å²) < 4.78 is 14.6. The van der Waals surface area contributed by atoms with Crippen LogP contribution in [0.1, 0.15) is 5.56 Å². The molecule has 0 amide bonds. The van der Waals surface area contributed by atoms with Crippen LogP contribution in [0.4, 0.5) is 4.39 Å². The van der Waals surface area contributed by atoms with Gasteiger partial charge in [0.15, 0.2) is 5.82 Å². The van der Waals surface area contributed by atoms with Gasteiger partial charge in [-0.2, -0.15) is 9.94 Å². The molecular weight excluding hydrogens is 221 g/mol. The van der Waals surface area contributed by atoms with E-state index in [0.29, 0.717) is 0 Å². The maximum atomic E-state index is 13.4. The second-order valence-electron chi connectivity index (χ2n) is 2.62. The van der Waals surface area contributed by atoms with Crippen molar-refractivity contribution >= 4 is 11.6 Å². The summed E-state index contributed by atoms with van der Waals surface area (Å²) in [6.45, 7) is 0. The molecule has 0 saturated heterocycles. The number of nitrogens with zero attached hydrogens (tertiary/aromatic N) is 5. The van der Waals surface area contributed by atoms with E-state index in [1.165, 1.54) is 23.1 Å². The standard InChI is InChI=1S/C8H3ClFN5/c9-6-1-2-7(5(3-11)8(6)10)15-4-12-13-14-15/h1-2,4H. The highest BCUT2D eigenvalue weighted by atomic mass is 35.5. The van der Waals surface area contributed by atoms with E-state index in [1.54, 1.807) is 6.07 Å². The lowest BCUT2D eigenvalue weighted by Gasteiger charge is -2.03. The lowest BCUT2D eigenvalue weighted by atomic mass is 10.2. The zero-order valence-corrected chi connectivity index (χ0v) is 7.98. The predicted molar refractivity (Wildman–Crippen MR) is 48.8 cm³/mol. The van der Waals surface area contributed by atoms with Gasteiger partial charge in [0.05, 0.1) is 10.7 Å². The molecule has 0 aliphatic rings. The van der Waals surface area contributed by atoms with Crippen LogP contribution in [0.3, 0.4) is 0 Å². The van der Waals surface area contributed by atoms with Crippen molar-refractivity contribution in [3.8, 4) is 11.8 Å². The Morgan fingerprint density at radius 3 is 2.87 bits per heavy atom. The minimum Gasteiger partial charge on any atom is -0.204 e. The summed E-state index contributed by atoms with van der Waals surface area (Å²) >= 11 is 5.54. The summed E-state index contributed by atoms with van der Waals surface area (Å²) in [7, 11) is 0. The molecule has 0 atom stereocenters. The van der Waals surface area contributed by atoms with Crippen molar-refractivity contribution in [1.82, 2.24) is 20.2 Å². The van der Waals surface area contributed by atoms with Gasteiger partial charge in [-0.15, -0.1) is 5.10 Å². The summed E-state index contributed by atoms with van der Waals surface area (Å²) in [6.07, 6.45) is 1.27. The lowest BCUT2D eigenvalue weighted by molar-refractivity contribution is 0.621. The molecule has 1 heterocycles. The van der Waals surface area contributed by atoms with E-state index in [9.17, 15) is 4.39 Å². The van der Waals surface area contributed by atoms with Crippen LogP contribution in [0, 0.1) is 17.1 Å². The molecule has 15 heavy (non-hydrogen) atoms. The molecule has 1 aromatic heterocycles. The third kappa shape index (κ3) is 1.53. The van der Waals surface area contributed by atoms with Crippen molar-refractivity contribution in [2.24, 2.45) is 0 Å². The average molecular weight is 224 g/mol. The van der Waals surface area contributed by atoms with E-state index in [-0.39, 0.29) is 16.3 Å².